The lowest BCUT2D eigenvalue weighted by atomic mass is 10.3. The number of hydrogen-bond acceptors (Lipinski definition) is 5. The Morgan fingerprint density at radius 2 is 2.09 bits per heavy atom. The van der Waals surface area contributed by atoms with E-state index in [1.165, 1.54) is 6.07 Å². The van der Waals surface area contributed by atoms with Gasteiger partial charge in [-0.15, -0.1) is 10.2 Å². The minimum atomic E-state index is -2.80. The molecule has 0 amide bonds. The molecule has 6 nitrogen and oxygen atoms in total. The Morgan fingerprint density at radius 1 is 1.32 bits per heavy atom. The summed E-state index contributed by atoms with van der Waals surface area (Å²) in [6.07, 6.45) is -2.80. The van der Waals surface area contributed by atoms with Crippen molar-refractivity contribution in [3.8, 4) is 11.2 Å². The van der Waals surface area contributed by atoms with Gasteiger partial charge >= 0.3 is 5.69 Å². The van der Waals surface area contributed by atoms with Crippen molar-refractivity contribution in [1.82, 2.24) is 19.3 Å². The molecule has 0 radical (unpaired) electrons. The number of rotatable bonds is 3. The van der Waals surface area contributed by atoms with Gasteiger partial charge in [-0.1, -0.05) is 11.3 Å². The highest BCUT2D eigenvalue weighted by Crippen LogP contribution is 2.26. The summed E-state index contributed by atoms with van der Waals surface area (Å²) in [5.74, 6) is -0.582. The van der Waals surface area contributed by atoms with Crippen LogP contribution in [0.1, 0.15) is 11.4 Å². The zero-order valence-electron chi connectivity index (χ0n) is 10.7. The standard InChI is InChI=1S/C12H6F3N5OS/c13-6-1-2-7-8(5-6)19(4-3-16)12(21)20(7)11-18-17-10(22-11)9(14)15/h1-2,5,9H,4H2. The Bertz CT molecular complexity index is 952. The summed E-state index contributed by atoms with van der Waals surface area (Å²) in [6.45, 7) is -0.299. The maximum Gasteiger partial charge on any atom is 0.336 e. The molecule has 0 aliphatic rings. The number of hydrogen-bond donors (Lipinski definition) is 0. The molecule has 0 aliphatic carbocycles. The van der Waals surface area contributed by atoms with Crippen LogP contribution in [0.15, 0.2) is 23.0 Å². The number of alkyl halides is 2. The second-order valence-electron chi connectivity index (χ2n) is 4.22. The summed E-state index contributed by atoms with van der Waals surface area (Å²) in [6, 6.07) is 5.35. The molecule has 0 N–H and O–H groups in total. The van der Waals surface area contributed by atoms with Gasteiger partial charge in [0.05, 0.1) is 17.1 Å². The topological polar surface area (TPSA) is 76.5 Å². The van der Waals surface area contributed by atoms with E-state index in [4.69, 9.17) is 5.26 Å². The van der Waals surface area contributed by atoms with Crippen molar-refractivity contribution in [3.05, 3.63) is 39.5 Å². The SMILES string of the molecule is N#CCn1c(=O)n(-c2nnc(C(F)F)s2)c2ccc(F)cc21. The lowest BCUT2D eigenvalue weighted by Crippen LogP contribution is -2.22. The molecule has 2 heterocycles. The van der Waals surface area contributed by atoms with Gasteiger partial charge in [0.2, 0.25) is 5.13 Å². The molecule has 3 aromatic rings. The van der Waals surface area contributed by atoms with Gasteiger partial charge < -0.3 is 0 Å². The zero-order chi connectivity index (χ0) is 15.9. The third kappa shape index (κ3) is 2.15. The Balaban J connectivity index is 2.31. The van der Waals surface area contributed by atoms with Crippen LogP contribution >= 0.6 is 11.3 Å². The van der Waals surface area contributed by atoms with E-state index < -0.39 is 22.9 Å². The molecular formula is C12H6F3N5OS. The third-order valence-corrected chi connectivity index (χ3v) is 3.84. The fourth-order valence-corrected chi connectivity index (χ4v) is 2.75. The first kappa shape index (κ1) is 14.3. The highest BCUT2D eigenvalue weighted by Gasteiger charge is 2.20. The second-order valence-corrected chi connectivity index (χ2v) is 5.21. The summed E-state index contributed by atoms with van der Waals surface area (Å²) in [5.41, 5.74) is -0.224. The van der Waals surface area contributed by atoms with E-state index >= 15 is 0 Å². The van der Waals surface area contributed by atoms with Gasteiger partial charge in [-0.25, -0.2) is 22.5 Å². The second kappa shape index (κ2) is 5.27. The first-order chi connectivity index (χ1) is 10.5. The van der Waals surface area contributed by atoms with Crippen molar-refractivity contribution in [3.63, 3.8) is 0 Å². The average Bonchev–Trinajstić information content (AvgIpc) is 3.04. The Labute approximate surface area is 124 Å². The molecule has 0 atom stereocenters. The van der Waals surface area contributed by atoms with Crippen molar-refractivity contribution < 1.29 is 13.2 Å². The predicted molar refractivity (Wildman–Crippen MR) is 71.5 cm³/mol. The maximum absolute atomic E-state index is 13.4. The normalized spacial score (nSPS) is 11.2. The van der Waals surface area contributed by atoms with Crippen LogP contribution in [0, 0.1) is 17.1 Å². The summed E-state index contributed by atoms with van der Waals surface area (Å²) < 4.78 is 40.7. The monoisotopic (exact) mass is 325 g/mol. The quantitative estimate of drug-likeness (QED) is 0.740. The third-order valence-electron chi connectivity index (χ3n) is 2.93. The van der Waals surface area contributed by atoms with E-state index in [2.05, 4.69) is 10.2 Å². The molecule has 0 bridgehead atoms. The fraction of sp³-hybridized carbons (Fsp3) is 0.167. The van der Waals surface area contributed by atoms with Crippen molar-refractivity contribution >= 4 is 22.4 Å². The summed E-state index contributed by atoms with van der Waals surface area (Å²) in [4.78, 5) is 12.4. The molecule has 0 spiro atoms. The summed E-state index contributed by atoms with van der Waals surface area (Å²) >= 11 is 0.559. The van der Waals surface area contributed by atoms with Crippen LogP contribution in [0.2, 0.25) is 0 Å². The lowest BCUT2D eigenvalue weighted by Gasteiger charge is -1.96. The van der Waals surface area contributed by atoms with Gasteiger partial charge in [-0.2, -0.15) is 5.26 Å². The number of benzene rings is 1. The molecule has 2 aromatic heterocycles. The smallest absolute Gasteiger partial charge is 0.278 e. The van der Waals surface area contributed by atoms with Crippen molar-refractivity contribution in [2.75, 3.05) is 0 Å². The first-order valence-electron chi connectivity index (χ1n) is 5.92. The van der Waals surface area contributed by atoms with Crippen molar-refractivity contribution in [1.29, 1.82) is 5.26 Å². The summed E-state index contributed by atoms with van der Waals surface area (Å²) in [7, 11) is 0. The van der Waals surface area contributed by atoms with Gasteiger partial charge in [0.25, 0.3) is 6.43 Å². The molecule has 0 aliphatic heterocycles. The van der Waals surface area contributed by atoms with Gasteiger partial charge in [-0.05, 0) is 18.2 Å². The molecular weight excluding hydrogens is 319 g/mol. The number of halogens is 3. The molecule has 0 fully saturated rings. The zero-order valence-corrected chi connectivity index (χ0v) is 11.5. The molecule has 3 rings (SSSR count). The molecule has 0 saturated carbocycles. The molecule has 112 valence electrons. The molecule has 10 heteroatoms. The number of fused-ring (bicyclic) bond motifs is 1. The number of aromatic nitrogens is 4. The van der Waals surface area contributed by atoms with Gasteiger partial charge in [0, 0.05) is 0 Å². The average molecular weight is 325 g/mol. The van der Waals surface area contributed by atoms with Crippen molar-refractivity contribution in [2.45, 2.75) is 13.0 Å². The van der Waals surface area contributed by atoms with Crippen LogP contribution in [0.25, 0.3) is 16.2 Å². The predicted octanol–water partition coefficient (Wildman–Crippen LogP) is 2.24. The van der Waals surface area contributed by atoms with Crippen LogP contribution in [0.3, 0.4) is 0 Å². The Morgan fingerprint density at radius 3 is 2.73 bits per heavy atom. The van der Waals surface area contributed by atoms with Gasteiger partial charge in [0.15, 0.2) is 5.01 Å². The highest BCUT2D eigenvalue weighted by atomic mass is 32.1. The minimum Gasteiger partial charge on any atom is -0.278 e. The lowest BCUT2D eigenvalue weighted by molar-refractivity contribution is 0.150. The number of imidazole rings is 1. The number of nitriles is 1. The van der Waals surface area contributed by atoms with E-state index in [0.717, 1.165) is 21.3 Å². The molecule has 0 unspecified atom stereocenters. The fourth-order valence-electron chi connectivity index (χ4n) is 2.04. The molecule has 1 aromatic carbocycles. The number of nitrogens with zero attached hydrogens (tertiary/aromatic N) is 5. The largest absolute Gasteiger partial charge is 0.336 e. The van der Waals surface area contributed by atoms with Crippen molar-refractivity contribution in [2.24, 2.45) is 0 Å². The Hall–Kier alpha value is -2.67. The van der Waals surface area contributed by atoms with Crippen LogP contribution < -0.4 is 5.69 Å². The highest BCUT2D eigenvalue weighted by molar-refractivity contribution is 7.13. The van der Waals surface area contributed by atoms with E-state index in [1.807, 2.05) is 0 Å². The maximum atomic E-state index is 13.4. The van der Waals surface area contributed by atoms with E-state index in [9.17, 15) is 18.0 Å². The minimum absolute atomic E-state index is 0.0615. The van der Waals surface area contributed by atoms with Crippen LogP contribution in [-0.2, 0) is 6.54 Å². The van der Waals surface area contributed by atoms with Crippen LogP contribution in [0.5, 0.6) is 0 Å². The Kier molecular flexibility index (Phi) is 3.42. The van der Waals surface area contributed by atoms with E-state index in [0.29, 0.717) is 11.3 Å². The van der Waals surface area contributed by atoms with E-state index in [-0.39, 0.29) is 22.7 Å². The van der Waals surface area contributed by atoms with Crippen LogP contribution in [-0.4, -0.2) is 19.3 Å². The molecule has 0 saturated heterocycles. The van der Waals surface area contributed by atoms with Gasteiger partial charge in [0.1, 0.15) is 12.4 Å². The molecule has 22 heavy (non-hydrogen) atoms. The van der Waals surface area contributed by atoms with E-state index in [1.54, 1.807) is 6.07 Å². The van der Waals surface area contributed by atoms with Gasteiger partial charge in [-0.3, -0.25) is 4.57 Å². The first-order valence-corrected chi connectivity index (χ1v) is 6.74. The summed E-state index contributed by atoms with van der Waals surface area (Å²) in [5, 5.41) is 15.1. The van der Waals surface area contributed by atoms with Crippen LogP contribution in [0.4, 0.5) is 13.2 Å².